The Morgan fingerprint density at radius 2 is 1.81 bits per heavy atom. The molecule has 1 fully saturated rings. The molecular weight excluding hydrogens is 350 g/mol. The molecule has 142 valence electrons. The van der Waals surface area contributed by atoms with E-state index in [1.54, 1.807) is 57.5 Å². The molecule has 3 amide bonds. The number of nitrogens with one attached hydrogen (secondary N) is 1. The van der Waals surface area contributed by atoms with Gasteiger partial charge in [-0.15, -0.1) is 0 Å². The van der Waals surface area contributed by atoms with Crippen LogP contribution in [0, 0.1) is 0 Å². The van der Waals surface area contributed by atoms with E-state index in [-0.39, 0.29) is 5.91 Å². The number of carbonyl (C=O) groups excluding carboxylic acids is 2. The largest absolute Gasteiger partial charge is 0.497 e. The molecule has 1 aliphatic rings. The van der Waals surface area contributed by atoms with E-state index in [0.29, 0.717) is 36.1 Å². The summed E-state index contributed by atoms with van der Waals surface area (Å²) < 4.78 is 15.4. The number of benzene rings is 1. The summed E-state index contributed by atoms with van der Waals surface area (Å²) in [5, 5.41) is 2.76. The number of ether oxygens (including phenoxy) is 3. The Morgan fingerprint density at radius 3 is 2.41 bits per heavy atom. The minimum absolute atomic E-state index is 0.363. The maximum absolute atomic E-state index is 13.0. The third kappa shape index (κ3) is 3.56. The summed E-state index contributed by atoms with van der Waals surface area (Å²) in [6, 6.07) is 9.72. The second kappa shape index (κ2) is 7.63. The molecule has 1 aliphatic heterocycles. The average Bonchev–Trinajstić information content (AvgIpc) is 2.92. The molecule has 27 heavy (non-hydrogen) atoms. The van der Waals surface area contributed by atoms with E-state index >= 15 is 0 Å². The zero-order chi connectivity index (χ0) is 19.4. The van der Waals surface area contributed by atoms with Crippen LogP contribution in [0.1, 0.15) is 12.5 Å². The summed E-state index contributed by atoms with van der Waals surface area (Å²) in [5.41, 5.74) is -0.137. The number of pyridine rings is 1. The van der Waals surface area contributed by atoms with Gasteiger partial charge >= 0.3 is 6.03 Å². The third-order valence-electron chi connectivity index (χ3n) is 4.37. The lowest BCUT2D eigenvalue weighted by atomic mass is 9.92. The van der Waals surface area contributed by atoms with Gasteiger partial charge in [-0.1, -0.05) is 12.1 Å². The first-order valence-electron chi connectivity index (χ1n) is 8.38. The van der Waals surface area contributed by atoms with Crippen LogP contribution in [0.25, 0.3) is 0 Å². The van der Waals surface area contributed by atoms with Crippen molar-refractivity contribution in [3.05, 3.63) is 48.2 Å². The summed E-state index contributed by atoms with van der Waals surface area (Å²) >= 11 is 0. The lowest BCUT2D eigenvalue weighted by molar-refractivity contribution is -0.121. The van der Waals surface area contributed by atoms with Crippen LogP contribution in [0.15, 0.2) is 42.6 Å². The van der Waals surface area contributed by atoms with Gasteiger partial charge in [0.05, 0.1) is 25.6 Å². The summed E-state index contributed by atoms with van der Waals surface area (Å²) in [4.78, 5) is 30.7. The molecule has 0 spiro atoms. The maximum Gasteiger partial charge on any atom is 0.330 e. The number of carbonyl (C=O) groups is 2. The minimum atomic E-state index is -1.17. The van der Waals surface area contributed by atoms with Crippen molar-refractivity contribution in [3.8, 4) is 11.6 Å². The van der Waals surface area contributed by atoms with E-state index in [9.17, 15) is 9.59 Å². The zero-order valence-electron chi connectivity index (χ0n) is 15.4. The molecule has 2 heterocycles. The highest BCUT2D eigenvalue weighted by atomic mass is 16.5. The fourth-order valence-electron chi connectivity index (χ4n) is 2.81. The standard InChI is InChI=1S/C19H21N3O5/c1-19(13-4-7-15(26-3)8-5-13)17(23)22(18(24)21-19)14-6-9-16(20-12-14)27-11-10-25-2/h4-9,12H,10-11H2,1-3H3,(H,21,24)/t19-/m1/s1. The molecule has 1 aromatic heterocycles. The van der Waals surface area contributed by atoms with E-state index < -0.39 is 11.6 Å². The van der Waals surface area contributed by atoms with Crippen molar-refractivity contribution in [2.75, 3.05) is 32.3 Å². The van der Waals surface area contributed by atoms with E-state index in [2.05, 4.69) is 10.3 Å². The Labute approximate surface area is 157 Å². The molecule has 2 aromatic rings. The average molecular weight is 371 g/mol. The van der Waals surface area contributed by atoms with Crippen LogP contribution in [-0.4, -0.2) is 44.4 Å². The highest BCUT2D eigenvalue weighted by molar-refractivity contribution is 6.23. The molecule has 0 saturated carbocycles. The van der Waals surface area contributed by atoms with Crippen LogP contribution in [0.5, 0.6) is 11.6 Å². The van der Waals surface area contributed by atoms with Crippen LogP contribution in [0.3, 0.4) is 0 Å². The van der Waals surface area contributed by atoms with Gasteiger partial charge in [-0.05, 0) is 30.7 Å². The van der Waals surface area contributed by atoms with E-state index in [1.165, 1.54) is 6.20 Å². The molecule has 0 bridgehead atoms. The van der Waals surface area contributed by atoms with Crippen molar-refractivity contribution in [2.45, 2.75) is 12.5 Å². The Kier molecular flexibility index (Phi) is 5.27. The summed E-state index contributed by atoms with van der Waals surface area (Å²) in [5.74, 6) is 0.678. The van der Waals surface area contributed by atoms with Gasteiger partial charge < -0.3 is 19.5 Å². The second-order valence-electron chi connectivity index (χ2n) is 6.12. The lowest BCUT2D eigenvalue weighted by Crippen LogP contribution is -2.40. The minimum Gasteiger partial charge on any atom is -0.497 e. The molecule has 8 nitrogen and oxygen atoms in total. The molecule has 8 heteroatoms. The van der Waals surface area contributed by atoms with Gasteiger partial charge in [0, 0.05) is 13.2 Å². The summed E-state index contributed by atoms with van der Waals surface area (Å²) in [6.07, 6.45) is 1.43. The molecule has 1 aromatic carbocycles. The number of aromatic nitrogens is 1. The van der Waals surface area contributed by atoms with Crippen LogP contribution >= 0.6 is 0 Å². The van der Waals surface area contributed by atoms with Gasteiger partial charge in [0.25, 0.3) is 5.91 Å². The third-order valence-corrected chi connectivity index (χ3v) is 4.37. The highest BCUT2D eigenvalue weighted by Gasteiger charge is 2.49. The van der Waals surface area contributed by atoms with E-state index in [4.69, 9.17) is 14.2 Å². The number of hydrogen-bond acceptors (Lipinski definition) is 6. The predicted octanol–water partition coefficient (Wildman–Crippen LogP) is 2.09. The fourth-order valence-corrected chi connectivity index (χ4v) is 2.81. The number of rotatable bonds is 7. The number of methoxy groups -OCH3 is 2. The van der Waals surface area contributed by atoms with E-state index in [0.717, 1.165) is 4.90 Å². The smallest absolute Gasteiger partial charge is 0.330 e. The predicted molar refractivity (Wildman–Crippen MR) is 98.0 cm³/mol. The number of hydrogen-bond donors (Lipinski definition) is 1. The van der Waals surface area contributed by atoms with Crippen molar-refractivity contribution in [2.24, 2.45) is 0 Å². The molecule has 3 rings (SSSR count). The topological polar surface area (TPSA) is 90.0 Å². The number of nitrogens with zero attached hydrogens (tertiary/aromatic N) is 2. The molecule has 0 aliphatic carbocycles. The summed E-state index contributed by atoms with van der Waals surface area (Å²) in [6.45, 7) is 2.48. The Bertz CT molecular complexity index is 822. The number of anilines is 1. The van der Waals surface area contributed by atoms with Crippen molar-refractivity contribution < 1.29 is 23.8 Å². The van der Waals surface area contributed by atoms with Gasteiger partial charge in [0.1, 0.15) is 17.9 Å². The molecule has 0 radical (unpaired) electrons. The van der Waals surface area contributed by atoms with Crippen LogP contribution < -0.4 is 19.7 Å². The van der Waals surface area contributed by atoms with Crippen LogP contribution in [0.4, 0.5) is 10.5 Å². The number of imide groups is 1. The molecule has 1 atom stereocenters. The van der Waals surface area contributed by atoms with Crippen molar-refractivity contribution in [3.63, 3.8) is 0 Å². The maximum atomic E-state index is 13.0. The Hall–Kier alpha value is -3.13. The first-order valence-corrected chi connectivity index (χ1v) is 8.38. The van der Waals surface area contributed by atoms with Crippen molar-refractivity contribution in [1.82, 2.24) is 10.3 Å². The van der Waals surface area contributed by atoms with Gasteiger partial charge in [-0.25, -0.2) is 14.7 Å². The first-order chi connectivity index (χ1) is 13.0. The normalized spacial score (nSPS) is 19.1. The van der Waals surface area contributed by atoms with Gasteiger partial charge in [-0.3, -0.25) is 4.79 Å². The quantitative estimate of drug-likeness (QED) is 0.592. The monoisotopic (exact) mass is 371 g/mol. The van der Waals surface area contributed by atoms with Crippen LogP contribution in [0.2, 0.25) is 0 Å². The van der Waals surface area contributed by atoms with Gasteiger partial charge in [0.15, 0.2) is 0 Å². The van der Waals surface area contributed by atoms with Gasteiger partial charge in [-0.2, -0.15) is 0 Å². The van der Waals surface area contributed by atoms with Crippen LogP contribution in [-0.2, 0) is 15.1 Å². The van der Waals surface area contributed by atoms with Gasteiger partial charge in [0.2, 0.25) is 5.88 Å². The second-order valence-corrected chi connectivity index (χ2v) is 6.12. The molecule has 0 unspecified atom stereocenters. The van der Waals surface area contributed by atoms with E-state index in [1.807, 2.05) is 0 Å². The first kappa shape index (κ1) is 18.7. The Balaban J connectivity index is 1.81. The molecular formula is C19H21N3O5. The molecule has 1 N–H and O–H groups in total. The lowest BCUT2D eigenvalue weighted by Gasteiger charge is -2.22. The SMILES string of the molecule is COCCOc1ccc(N2C(=O)N[C@](C)(c3ccc(OC)cc3)C2=O)cn1. The number of urea groups is 1. The zero-order valence-corrected chi connectivity index (χ0v) is 15.4. The highest BCUT2D eigenvalue weighted by Crippen LogP contribution is 2.33. The summed E-state index contributed by atoms with van der Waals surface area (Å²) in [7, 11) is 3.15. The van der Waals surface area contributed by atoms with Crippen molar-refractivity contribution >= 4 is 17.6 Å². The molecule has 1 saturated heterocycles. The number of amides is 3. The Morgan fingerprint density at radius 1 is 1.07 bits per heavy atom. The fraction of sp³-hybridized carbons (Fsp3) is 0.316. The van der Waals surface area contributed by atoms with Crippen molar-refractivity contribution in [1.29, 1.82) is 0 Å².